The van der Waals surface area contributed by atoms with Crippen LogP contribution in [-0.4, -0.2) is 27.1 Å². The highest BCUT2D eigenvalue weighted by Gasteiger charge is 2.22. The maximum atomic E-state index is 6.20. The summed E-state index contributed by atoms with van der Waals surface area (Å²) in [5.74, 6) is 0.989. The Labute approximate surface area is 141 Å². The lowest BCUT2D eigenvalue weighted by Crippen LogP contribution is -2.32. The maximum absolute atomic E-state index is 6.20. The van der Waals surface area contributed by atoms with Crippen molar-refractivity contribution in [3.8, 4) is 0 Å². The molecular formula is C19H21N3O2. The number of pyridine rings is 1. The monoisotopic (exact) mass is 323 g/mol. The number of furan rings is 1. The molecule has 0 fully saturated rings. The topological polar surface area (TPSA) is 43.4 Å². The summed E-state index contributed by atoms with van der Waals surface area (Å²) in [6, 6.07) is 12.2. The predicted molar refractivity (Wildman–Crippen MR) is 90.1 cm³/mol. The first-order chi connectivity index (χ1) is 11.9. The van der Waals surface area contributed by atoms with Crippen LogP contribution in [0.2, 0.25) is 0 Å². The Morgan fingerprint density at radius 1 is 1.12 bits per heavy atom. The Kier molecular flexibility index (Phi) is 4.44. The summed E-state index contributed by atoms with van der Waals surface area (Å²) in [4.78, 5) is 6.44. The summed E-state index contributed by atoms with van der Waals surface area (Å²) in [5, 5.41) is 0. The number of ether oxygens (including phenoxy) is 1. The second-order valence-electron chi connectivity index (χ2n) is 6.19. The molecule has 0 amide bonds. The van der Waals surface area contributed by atoms with Gasteiger partial charge in [-0.1, -0.05) is 0 Å². The highest BCUT2D eigenvalue weighted by Crippen LogP contribution is 2.18. The van der Waals surface area contributed by atoms with E-state index in [2.05, 4.69) is 32.8 Å². The Balaban J connectivity index is 1.46. The normalized spacial score (nSPS) is 18.2. The third-order valence-electron chi connectivity index (χ3n) is 4.37. The van der Waals surface area contributed by atoms with Crippen molar-refractivity contribution in [1.82, 2.24) is 14.5 Å². The van der Waals surface area contributed by atoms with Gasteiger partial charge in [-0.15, -0.1) is 0 Å². The van der Waals surface area contributed by atoms with Crippen LogP contribution in [0.15, 0.2) is 65.7 Å². The van der Waals surface area contributed by atoms with E-state index in [4.69, 9.17) is 9.15 Å². The van der Waals surface area contributed by atoms with E-state index in [1.54, 1.807) is 18.7 Å². The first-order valence-electron chi connectivity index (χ1n) is 8.26. The summed E-state index contributed by atoms with van der Waals surface area (Å²) in [6.45, 7) is 4.07. The van der Waals surface area contributed by atoms with E-state index in [0.717, 1.165) is 37.5 Å². The van der Waals surface area contributed by atoms with Crippen LogP contribution in [0.4, 0.5) is 0 Å². The lowest BCUT2D eigenvalue weighted by atomic mass is 10.2. The quantitative estimate of drug-likeness (QED) is 0.724. The zero-order valence-corrected chi connectivity index (χ0v) is 13.5. The molecule has 1 atom stereocenters. The van der Waals surface area contributed by atoms with Gasteiger partial charge in [0.2, 0.25) is 0 Å². The van der Waals surface area contributed by atoms with Gasteiger partial charge >= 0.3 is 0 Å². The molecule has 5 nitrogen and oxygen atoms in total. The Morgan fingerprint density at radius 3 is 2.88 bits per heavy atom. The van der Waals surface area contributed by atoms with E-state index in [0.29, 0.717) is 6.61 Å². The van der Waals surface area contributed by atoms with Gasteiger partial charge in [0.25, 0.3) is 0 Å². The van der Waals surface area contributed by atoms with Crippen molar-refractivity contribution < 1.29 is 9.15 Å². The van der Waals surface area contributed by atoms with Gasteiger partial charge in [-0.25, -0.2) is 0 Å². The van der Waals surface area contributed by atoms with Crippen LogP contribution in [0.25, 0.3) is 0 Å². The van der Waals surface area contributed by atoms with Gasteiger partial charge in [0, 0.05) is 43.9 Å². The number of aromatic nitrogens is 2. The van der Waals surface area contributed by atoms with Gasteiger partial charge in [-0.3, -0.25) is 9.88 Å². The third kappa shape index (κ3) is 3.58. The fourth-order valence-corrected chi connectivity index (χ4v) is 3.17. The number of nitrogens with zero attached hydrogens (tertiary/aromatic N) is 3. The number of rotatable bonds is 5. The Morgan fingerprint density at radius 2 is 2.04 bits per heavy atom. The number of hydrogen-bond acceptors (Lipinski definition) is 4. The first kappa shape index (κ1) is 15.2. The molecule has 0 bridgehead atoms. The molecule has 0 aromatic carbocycles. The Bertz CT molecular complexity index is 752. The second kappa shape index (κ2) is 7.03. The molecule has 1 aliphatic rings. The highest BCUT2D eigenvalue weighted by molar-refractivity contribution is 5.10. The fraction of sp³-hybridized carbons (Fsp3) is 0.316. The molecule has 4 rings (SSSR count). The van der Waals surface area contributed by atoms with Crippen LogP contribution in [-0.2, 0) is 31.0 Å². The number of hydrogen-bond donors (Lipinski definition) is 0. The van der Waals surface area contributed by atoms with Crippen LogP contribution in [0.3, 0.4) is 0 Å². The summed E-state index contributed by atoms with van der Waals surface area (Å²) >= 11 is 0. The smallest absolute Gasteiger partial charge is 0.117 e. The van der Waals surface area contributed by atoms with Gasteiger partial charge in [0.1, 0.15) is 5.76 Å². The molecule has 4 heterocycles. The van der Waals surface area contributed by atoms with Crippen molar-refractivity contribution in [2.24, 2.45) is 0 Å². The molecule has 0 spiro atoms. The molecule has 0 aliphatic carbocycles. The van der Waals surface area contributed by atoms with E-state index >= 15 is 0 Å². The molecule has 0 radical (unpaired) electrons. The van der Waals surface area contributed by atoms with Gasteiger partial charge in [0.15, 0.2) is 0 Å². The van der Waals surface area contributed by atoms with Crippen molar-refractivity contribution in [2.75, 3.05) is 6.54 Å². The minimum atomic E-state index is 0.141. The summed E-state index contributed by atoms with van der Waals surface area (Å²) in [6.07, 6.45) is 7.61. The van der Waals surface area contributed by atoms with Crippen LogP contribution >= 0.6 is 0 Å². The summed E-state index contributed by atoms with van der Waals surface area (Å²) in [5.41, 5.74) is 2.47. The third-order valence-corrected chi connectivity index (χ3v) is 4.37. The molecular weight excluding hydrogens is 302 g/mol. The highest BCUT2D eigenvalue weighted by atomic mass is 16.5. The van der Waals surface area contributed by atoms with E-state index in [1.807, 2.05) is 24.3 Å². The zero-order valence-electron chi connectivity index (χ0n) is 13.5. The van der Waals surface area contributed by atoms with Crippen molar-refractivity contribution in [1.29, 1.82) is 0 Å². The first-order valence-corrected chi connectivity index (χ1v) is 8.26. The van der Waals surface area contributed by atoms with E-state index < -0.39 is 0 Å². The molecule has 3 aromatic rings. The molecule has 1 aliphatic heterocycles. The zero-order chi connectivity index (χ0) is 16.2. The summed E-state index contributed by atoms with van der Waals surface area (Å²) in [7, 11) is 0. The minimum Gasteiger partial charge on any atom is -0.468 e. The number of fused-ring (bicyclic) bond motifs is 1. The van der Waals surface area contributed by atoms with E-state index in [1.165, 1.54) is 5.69 Å². The average molecular weight is 323 g/mol. The maximum Gasteiger partial charge on any atom is 0.117 e. The van der Waals surface area contributed by atoms with Crippen molar-refractivity contribution in [3.05, 3.63) is 78.3 Å². The predicted octanol–water partition coefficient (Wildman–Crippen LogP) is 3.08. The molecule has 0 saturated carbocycles. The molecule has 124 valence electrons. The molecule has 3 aromatic heterocycles. The minimum absolute atomic E-state index is 0.141. The standard InChI is InChI=1S/C19H21N3O2/c1-3-17-11-21(12-18-4-2-10-23-18)13-19(14-22(17)9-1)24-15-16-5-7-20-8-6-16/h1-10,19H,11-15H2. The van der Waals surface area contributed by atoms with Crippen LogP contribution in [0.1, 0.15) is 17.0 Å². The van der Waals surface area contributed by atoms with Crippen molar-refractivity contribution in [2.45, 2.75) is 32.3 Å². The van der Waals surface area contributed by atoms with Crippen molar-refractivity contribution >= 4 is 0 Å². The SMILES string of the molecule is c1coc(CN2Cc3cccn3CC(OCc3ccncc3)C2)c1. The van der Waals surface area contributed by atoms with Crippen LogP contribution < -0.4 is 0 Å². The molecule has 1 unspecified atom stereocenters. The van der Waals surface area contributed by atoms with Crippen LogP contribution in [0.5, 0.6) is 0 Å². The Hall–Kier alpha value is -2.37. The lowest BCUT2D eigenvalue weighted by molar-refractivity contribution is 0.00760. The van der Waals surface area contributed by atoms with Gasteiger partial charge < -0.3 is 13.7 Å². The fourth-order valence-electron chi connectivity index (χ4n) is 3.17. The van der Waals surface area contributed by atoms with Crippen LogP contribution in [0, 0.1) is 0 Å². The summed E-state index contributed by atoms with van der Waals surface area (Å²) < 4.78 is 14.0. The molecule has 0 N–H and O–H groups in total. The van der Waals surface area contributed by atoms with Gasteiger partial charge in [-0.2, -0.15) is 0 Å². The largest absolute Gasteiger partial charge is 0.468 e. The van der Waals surface area contributed by atoms with Gasteiger partial charge in [-0.05, 0) is 42.0 Å². The van der Waals surface area contributed by atoms with Gasteiger partial charge in [0.05, 0.1) is 25.5 Å². The molecule has 0 saturated heterocycles. The molecule has 5 heteroatoms. The lowest BCUT2D eigenvalue weighted by Gasteiger charge is -2.23. The second-order valence-corrected chi connectivity index (χ2v) is 6.19. The van der Waals surface area contributed by atoms with E-state index in [9.17, 15) is 0 Å². The average Bonchev–Trinajstić information content (AvgIpc) is 3.23. The molecule has 24 heavy (non-hydrogen) atoms. The van der Waals surface area contributed by atoms with E-state index in [-0.39, 0.29) is 6.10 Å². The van der Waals surface area contributed by atoms with Crippen molar-refractivity contribution in [3.63, 3.8) is 0 Å².